The van der Waals surface area contributed by atoms with Gasteiger partial charge in [-0.3, -0.25) is 10.1 Å². The second-order valence-electron chi connectivity index (χ2n) is 5.47. The van der Waals surface area contributed by atoms with Gasteiger partial charge in [0.2, 0.25) is 5.82 Å². The number of hydrogen-bond donors (Lipinski definition) is 0. The lowest BCUT2D eigenvalue weighted by Gasteiger charge is -2.07. The van der Waals surface area contributed by atoms with Crippen LogP contribution in [-0.4, -0.2) is 29.3 Å². The predicted octanol–water partition coefficient (Wildman–Crippen LogP) is 3.47. The Morgan fingerprint density at radius 3 is 2.68 bits per heavy atom. The van der Waals surface area contributed by atoms with Gasteiger partial charge in [-0.25, -0.2) is 0 Å². The molecule has 28 heavy (non-hydrogen) atoms. The van der Waals surface area contributed by atoms with Crippen LogP contribution >= 0.6 is 11.6 Å². The Morgan fingerprint density at radius 1 is 1.21 bits per heavy atom. The van der Waals surface area contributed by atoms with Crippen LogP contribution in [0.25, 0.3) is 22.5 Å². The molecule has 0 N–H and O–H groups in total. The third-order valence-electron chi connectivity index (χ3n) is 3.75. The molecule has 9 nitrogen and oxygen atoms in total. The van der Waals surface area contributed by atoms with Gasteiger partial charge in [0.25, 0.3) is 11.6 Å². The van der Waals surface area contributed by atoms with Gasteiger partial charge in [-0.2, -0.15) is 4.98 Å². The van der Waals surface area contributed by atoms with Crippen molar-refractivity contribution in [3.63, 3.8) is 0 Å². The van der Waals surface area contributed by atoms with Crippen molar-refractivity contribution in [3.05, 3.63) is 58.0 Å². The minimum atomic E-state index is -0.756. The maximum atomic E-state index is 11.5. The summed E-state index contributed by atoms with van der Waals surface area (Å²) in [4.78, 5) is 14.4. The van der Waals surface area contributed by atoms with E-state index in [4.69, 9.17) is 25.6 Å². The average molecular weight is 403 g/mol. The SMILES string of the molecule is COc1ccc(-c2noc(/C(Cl)=C/c3ccc([O-])c([N+](=O)[O-])c3)n2)c(OC)c1. The van der Waals surface area contributed by atoms with E-state index in [1.165, 1.54) is 26.4 Å². The lowest BCUT2D eigenvalue weighted by molar-refractivity contribution is -0.398. The van der Waals surface area contributed by atoms with E-state index in [1.807, 2.05) is 0 Å². The molecule has 0 amide bonds. The Morgan fingerprint density at radius 2 is 2.00 bits per heavy atom. The Labute approximate surface area is 163 Å². The average Bonchev–Trinajstić information content (AvgIpc) is 3.18. The maximum Gasteiger partial charge on any atom is 0.269 e. The molecule has 0 aliphatic rings. The van der Waals surface area contributed by atoms with Crippen molar-refractivity contribution in [2.45, 2.75) is 0 Å². The number of methoxy groups -OCH3 is 2. The molecule has 0 unspecified atom stereocenters. The molecule has 3 rings (SSSR count). The molecule has 3 aromatic rings. The van der Waals surface area contributed by atoms with E-state index in [-0.39, 0.29) is 16.7 Å². The van der Waals surface area contributed by atoms with Crippen molar-refractivity contribution in [1.29, 1.82) is 0 Å². The lowest BCUT2D eigenvalue weighted by Crippen LogP contribution is -1.97. The molecular formula is C18H13ClN3O6-. The monoisotopic (exact) mass is 402 g/mol. The Hall–Kier alpha value is -3.59. The zero-order chi connectivity index (χ0) is 20.3. The highest BCUT2D eigenvalue weighted by atomic mass is 35.5. The fraction of sp³-hybridized carbons (Fsp3) is 0.111. The van der Waals surface area contributed by atoms with Crippen LogP contribution in [-0.2, 0) is 0 Å². The molecule has 0 saturated carbocycles. The summed E-state index contributed by atoms with van der Waals surface area (Å²) in [6.07, 6.45) is 1.39. The van der Waals surface area contributed by atoms with E-state index < -0.39 is 16.4 Å². The number of nitrogens with zero attached hydrogens (tertiary/aromatic N) is 3. The normalized spacial score (nSPS) is 11.3. The number of hydrogen-bond acceptors (Lipinski definition) is 8. The maximum absolute atomic E-state index is 11.5. The Bertz CT molecular complexity index is 1060. The molecule has 144 valence electrons. The minimum Gasteiger partial charge on any atom is -0.868 e. The Balaban J connectivity index is 1.93. The highest BCUT2D eigenvalue weighted by Crippen LogP contribution is 2.33. The molecule has 1 heterocycles. The summed E-state index contributed by atoms with van der Waals surface area (Å²) >= 11 is 6.20. The number of nitro benzene ring substituents is 1. The summed E-state index contributed by atoms with van der Waals surface area (Å²) in [5.41, 5.74) is 0.361. The standard InChI is InChI=1S/C18H14ClN3O6/c1-26-11-4-5-12(16(9-11)27-2)17-20-18(28-21-17)13(19)7-10-3-6-15(23)14(8-10)22(24)25/h3-9,23H,1-2H3/p-1/b13-7-. The van der Waals surface area contributed by atoms with Gasteiger partial charge in [-0.1, -0.05) is 28.9 Å². The first-order chi connectivity index (χ1) is 13.4. The van der Waals surface area contributed by atoms with E-state index in [0.29, 0.717) is 22.6 Å². The van der Waals surface area contributed by atoms with Crippen LogP contribution in [0.4, 0.5) is 5.69 Å². The summed E-state index contributed by atoms with van der Waals surface area (Å²) < 4.78 is 15.6. The van der Waals surface area contributed by atoms with E-state index >= 15 is 0 Å². The van der Waals surface area contributed by atoms with Gasteiger partial charge in [0.05, 0.1) is 24.7 Å². The molecule has 10 heteroatoms. The molecule has 0 spiro atoms. The topological polar surface area (TPSA) is 124 Å². The molecule has 0 saturated heterocycles. The van der Waals surface area contributed by atoms with Gasteiger partial charge >= 0.3 is 0 Å². The summed E-state index contributed by atoms with van der Waals surface area (Å²) in [6.45, 7) is 0. The minimum absolute atomic E-state index is 0.00314. The molecule has 0 bridgehead atoms. The fourth-order valence-corrected chi connectivity index (χ4v) is 2.59. The van der Waals surface area contributed by atoms with Crippen molar-refractivity contribution >= 4 is 28.4 Å². The molecule has 0 aliphatic carbocycles. The van der Waals surface area contributed by atoms with E-state index in [2.05, 4.69) is 10.1 Å². The van der Waals surface area contributed by atoms with Crippen LogP contribution in [0.2, 0.25) is 0 Å². The van der Waals surface area contributed by atoms with Gasteiger partial charge < -0.3 is 19.1 Å². The quantitative estimate of drug-likeness (QED) is 0.453. The summed E-state index contributed by atoms with van der Waals surface area (Å²) in [5, 5.41) is 26.3. The zero-order valence-electron chi connectivity index (χ0n) is 14.7. The van der Waals surface area contributed by atoms with E-state index in [0.717, 1.165) is 12.1 Å². The largest absolute Gasteiger partial charge is 0.868 e. The summed E-state index contributed by atoms with van der Waals surface area (Å²) in [5.74, 6) is 0.634. The van der Waals surface area contributed by atoms with Crippen LogP contribution in [0.3, 0.4) is 0 Å². The van der Waals surface area contributed by atoms with Crippen LogP contribution < -0.4 is 14.6 Å². The summed E-state index contributed by atoms with van der Waals surface area (Å²) in [7, 11) is 3.04. The molecule has 0 radical (unpaired) electrons. The zero-order valence-corrected chi connectivity index (χ0v) is 15.5. The second kappa shape index (κ2) is 7.97. The lowest BCUT2D eigenvalue weighted by atomic mass is 10.1. The molecule has 2 aromatic carbocycles. The molecule has 0 fully saturated rings. The molecule has 0 atom stereocenters. The Kier molecular flexibility index (Phi) is 5.46. The van der Waals surface area contributed by atoms with Crippen molar-refractivity contribution in [3.8, 4) is 28.6 Å². The van der Waals surface area contributed by atoms with Crippen LogP contribution in [0.5, 0.6) is 17.2 Å². The smallest absolute Gasteiger partial charge is 0.269 e. The third kappa shape index (κ3) is 3.89. The number of benzene rings is 2. The fourth-order valence-electron chi connectivity index (χ4n) is 2.39. The first kappa shape index (κ1) is 19.2. The van der Waals surface area contributed by atoms with Gasteiger partial charge in [-0.15, -0.1) is 0 Å². The van der Waals surface area contributed by atoms with Crippen LogP contribution in [0, 0.1) is 10.1 Å². The molecule has 1 aromatic heterocycles. The number of rotatable bonds is 6. The van der Waals surface area contributed by atoms with Crippen molar-refractivity contribution in [2.75, 3.05) is 14.2 Å². The molecule has 0 aliphatic heterocycles. The number of ether oxygens (including phenoxy) is 2. The highest BCUT2D eigenvalue weighted by Gasteiger charge is 2.16. The number of halogens is 1. The second-order valence-corrected chi connectivity index (χ2v) is 5.87. The van der Waals surface area contributed by atoms with Gasteiger partial charge in [0.15, 0.2) is 0 Å². The van der Waals surface area contributed by atoms with Gasteiger partial charge in [-0.05, 0) is 29.5 Å². The van der Waals surface area contributed by atoms with Crippen molar-refractivity contribution < 1.29 is 24.0 Å². The van der Waals surface area contributed by atoms with Crippen LogP contribution in [0.1, 0.15) is 11.5 Å². The van der Waals surface area contributed by atoms with Gasteiger partial charge in [0.1, 0.15) is 16.5 Å². The first-order valence-electron chi connectivity index (χ1n) is 7.82. The van der Waals surface area contributed by atoms with Crippen molar-refractivity contribution in [1.82, 2.24) is 10.1 Å². The predicted molar refractivity (Wildman–Crippen MR) is 99.1 cm³/mol. The van der Waals surface area contributed by atoms with Crippen molar-refractivity contribution in [2.24, 2.45) is 0 Å². The van der Waals surface area contributed by atoms with E-state index in [1.54, 1.807) is 18.2 Å². The van der Waals surface area contributed by atoms with E-state index in [9.17, 15) is 15.2 Å². The molecular weight excluding hydrogens is 390 g/mol. The number of nitro groups is 1. The van der Waals surface area contributed by atoms with Crippen LogP contribution in [0.15, 0.2) is 40.9 Å². The number of aromatic nitrogens is 2. The summed E-state index contributed by atoms with van der Waals surface area (Å²) in [6, 6.07) is 8.72. The third-order valence-corrected chi connectivity index (χ3v) is 4.02. The highest BCUT2D eigenvalue weighted by molar-refractivity contribution is 6.50. The first-order valence-corrected chi connectivity index (χ1v) is 8.20. The van der Waals surface area contributed by atoms with Gasteiger partial charge in [0, 0.05) is 12.1 Å².